The molecule has 0 unspecified atom stereocenters. The molecule has 108 valence electrons. The Kier molecular flexibility index (Phi) is 2.95. The SMILES string of the molecule is Nc1cn(C2CCCCC2)nc1-c1cc2ccccc2o1. The lowest BCUT2D eigenvalue weighted by Crippen LogP contribution is -2.13. The molecular formula is C17H19N3O. The van der Waals surface area contributed by atoms with Gasteiger partial charge in [0.25, 0.3) is 0 Å². The van der Waals surface area contributed by atoms with E-state index in [9.17, 15) is 0 Å². The molecular weight excluding hydrogens is 262 g/mol. The van der Waals surface area contributed by atoms with Gasteiger partial charge in [-0.1, -0.05) is 37.5 Å². The van der Waals surface area contributed by atoms with Crippen LogP contribution in [0, 0.1) is 0 Å². The van der Waals surface area contributed by atoms with Gasteiger partial charge in [0.05, 0.1) is 11.7 Å². The second-order valence-electron chi connectivity index (χ2n) is 5.85. The number of hydrogen-bond acceptors (Lipinski definition) is 3. The maximum atomic E-state index is 6.16. The van der Waals surface area contributed by atoms with E-state index in [1.807, 2.05) is 41.2 Å². The van der Waals surface area contributed by atoms with E-state index in [1.165, 1.54) is 32.1 Å². The summed E-state index contributed by atoms with van der Waals surface area (Å²) in [6.07, 6.45) is 8.25. The van der Waals surface area contributed by atoms with Gasteiger partial charge < -0.3 is 10.2 Å². The quantitative estimate of drug-likeness (QED) is 0.758. The summed E-state index contributed by atoms with van der Waals surface area (Å²) in [5.74, 6) is 0.753. The van der Waals surface area contributed by atoms with Crippen LogP contribution in [0.25, 0.3) is 22.4 Å². The Morgan fingerprint density at radius 1 is 1.14 bits per heavy atom. The molecule has 0 spiro atoms. The second kappa shape index (κ2) is 4.95. The molecule has 1 aromatic carbocycles. The van der Waals surface area contributed by atoms with Crippen molar-refractivity contribution in [2.45, 2.75) is 38.1 Å². The van der Waals surface area contributed by atoms with E-state index < -0.39 is 0 Å². The highest BCUT2D eigenvalue weighted by molar-refractivity contribution is 5.84. The zero-order valence-corrected chi connectivity index (χ0v) is 12.0. The summed E-state index contributed by atoms with van der Waals surface area (Å²) in [6.45, 7) is 0. The first kappa shape index (κ1) is 12.5. The van der Waals surface area contributed by atoms with Crippen molar-refractivity contribution in [3.63, 3.8) is 0 Å². The minimum atomic E-state index is 0.485. The maximum absolute atomic E-state index is 6.16. The van der Waals surface area contributed by atoms with E-state index in [4.69, 9.17) is 15.2 Å². The number of benzene rings is 1. The fourth-order valence-corrected chi connectivity index (χ4v) is 3.23. The Balaban J connectivity index is 1.72. The van der Waals surface area contributed by atoms with Gasteiger partial charge in [0.15, 0.2) is 11.5 Å². The molecule has 4 rings (SSSR count). The number of anilines is 1. The lowest BCUT2D eigenvalue weighted by molar-refractivity contribution is 0.330. The zero-order chi connectivity index (χ0) is 14.2. The van der Waals surface area contributed by atoms with E-state index in [-0.39, 0.29) is 0 Å². The van der Waals surface area contributed by atoms with Crippen LogP contribution in [0.15, 0.2) is 40.9 Å². The summed E-state index contributed by atoms with van der Waals surface area (Å²) in [5, 5.41) is 5.78. The first-order chi connectivity index (χ1) is 10.3. The van der Waals surface area contributed by atoms with E-state index in [1.54, 1.807) is 0 Å². The van der Waals surface area contributed by atoms with Crippen LogP contribution in [0.1, 0.15) is 38.1 Å². The molecule has 1 aliphatic rings. The first-order valence-corrected chi connectivity index (χ1v) is 7.65. The fraction of sp³-hybridized carbons (Fsp3) is 0.353. The fourth-order valence-electron chi connectivity index (χ4n) is 3.23. The third kappa shape index (κ3) is 2.20. The number of fused-ring (bicyclic) bond motifs is 1. The molecule has 0 radical (unpaired) electrons. The van der Waals surface area contributed by atoms with Crippen LogP contribution in [0.4, 0.5) is 5.69 Å². The van der Waals surface area contributed by atoms with E-state index in [0.29, 0.717) is 11.7 Å². The third-order valence-corrected chi connectivity index (χ3v) is 4.37. The number of rotatable bonds is 2. The molecule has 0 atom stereocenters. The van der Waals surface area contributed by atoms with Gasteiger partial charge in [0.2, 0.25) is 0 Å². The van der Waals surface area contributed by atoms with Crippen molar-refractivity contribution >= 4 is 16.7 Å². The predicted molar refractivity (Wildman–Crippen MR) is 84.0 cm³/mol. The Morgan fingerprint density at radius 3 is 2.76 bits per heavy atom. The smallest absolute Gasteiger partial charge is 0.157 e. The van der Waals surface area contributed by atoms with Crippen molar-refractivity contribution < 1.29 is 4.42 Å². The van der Waals surface area contributed by atoms with Crippen molar-refractivity contribution in [2.24, 2.45) is 0 Å². The number of hydrogen-bond donors (Lipinski definition) is 1. The number of para-hydroxylation sites is 1. The van der Waals surface area contributed by atoms with Gasteiger partial charge in [0.1, 0.15) is 5.58 Å². The molecule has 0 saturated heterocycles. The molecule has 0 amide bonds. The summed E-state index contributed by atoms with van der Waals surface area (Å²) >= 11 is 0. The standard InChI is InChI=1S/C17H19N3O/c18-14-11-20(13-7-2-1-3-8-13)19-17(14)16-10-12-6-4-5-9-15(12)21-16/h4-6,9-11,13H,1-3,7-8,18H2. The average molecular weight is 281 g/mol. The molecule has 2 heterocycles. The number of furan rings is 1. The Morgan fingerprint density at radius 2 is 1.95 bits per heavy atom. The Labute approximate surface area is 123 Å². The van der Waals surface area contributed by atoms with E-state index in [0.717, 1.165) is 22.4 Å². The summed E-state index contributed by atoms with van der Waals surface area (Å²) in [7, 11) is 0. The lowest BCUT2D eigenvalue weighted by Gasteiger charge is -2.21. The van der Waals surface area contributed by atoms with Gasteiger partial charge in [-0.05, 0) is 25.0 Å². The Bertz CT molecular complexity index is 732. The molecule has 0 bridgehead atoms. The van der Waals surface area contributed by atoms with Gasteiger partial charge >= 0.3 is 0 Å². The topological polar surface area (TPSA) is 57.0 Å². The zero-order valence-electron chi connectivity index (χ0n) is 12.0. The first-order valence-electron chi connectivity index (χ1n) is 7.65. The number of nitrogens with zero attached hydrogens (tertiary/aromatic N) is 2. The maximum Gasteiger partial charge on any atom is 0.157 e. The highest BCUT2D eigenvalue weighted by atomic mass is 16.3. The van der Waals surface area contributed by atoms with E-state index >= 15 is 0 Å². The number of nitrogens with two attached hydrogens (primary N) is 1. The lowest BCUT2D eigenvalue weighted by atomic mass is 9.96. The molecule has 21 heavy (non-hydrogen) atoms. The molecule has 1 aliphatic carbocycles. The predicted octanol–water partition coefficient (Wildman–Crippen LogP) is 4.38. The highest BCUT2D eigenvalue weighted by Gasteiger charge is 2.20. The van der Waals surface area contributed by atoms with Crippen LogP contribution >= 0.6 is 0 Å². The minimum Gasteiger partial charge on any atom is -0.454 e. The molecule has 2 aromatic heterocycles. The molecule has 1 saturated carbocycles. The van der Waals surface area contributed by atoms with Crippen LogP contribution in [0.3, 0.4) is 0 Å². The van der Waals surface area contributed by atoms with Gasteiger partial charge in [0, 0.05) is 11.6 Å². The second-order valence-corrected chi connectivity index (χ2v) is 5.85. The summed E-state index contributed by atoms with van der Waals surface area (Å²) in [5.41, 5.74) is 8.49. The monoisotopic (exact) mass is 281 g/mol. The average Bonchev–Trinajstić information content (AvgIpc) is 3.11. The van der Waals surface area contributed by atoms with Crippen LogP contribution in [0.2, 0.25) is 0 Å². The summed E-state index contributed by atoms with van der Waals surface area (Å²) in [6, 6.07) is 10.5. The van der Waals surface area contributed by atoms with Crippen molar-refractivity contribution in [1.82, 2.24) is 9.78 Å². The van der Waals surface area contributed by atoms with Crippen LogP contribution in [-0.4, -0.2) is 9.78 Å². The van der Waals surface area contributed by atoms with Gasteiger partial charge in [-0.25, -0.2) is 0 Å². The highest BCUT2D eigenvalue weighted by Crippen LogP contribution is 2.33. The summed E-state index contributed by atoms with van der Waals surface area (Å²) < 4.78 is 7.92. The Hall–Kier alpha value is -2.23. The van der Waals surface area contributed by atoms with Crippen molar-refractivity contribution in [3.8, 4) is 11.5 Å². The third-order valence-electron chi connectivity index (χ3n) is 4.37. The van der Waals surface area contributed by atoms with Crippen molar-refractivity contribution in [1.29, 1.82) is 0 Å². The van der Waals surface area contributed by atoms with Crippen LogP contribution in [-0.2, 0) is 0 Å². The van der Waals surface area contributed by atoms with Crippen LogP contribution < -0.4 is 5.73 Å². The number of aromatic nitrogens is 2. The number of nitrogen functional groups attached to an aromatic ring is 1. The van der Waals surface area contributed by atoms with Crippen molar-refractivity contribution in [3.05, 3.63) is 36.5 Å². The summed E-state index contributed by atoms with van der Waals surface area (Å²) in [4.78, 5) is 0. The normalized spacial score (nSPS) is 16.6. The van der Waals surface area contributed by atoms with Gasteiger partial charge in [-0.2, -0.15) is 5.10 Å². The molecule has 0 aliphatic heterocycles. The van der Waals surface area contributed by atoms with Gasteiger partial charge in [-0.3, -0.25) is 4.68 Å². The minimum absolute atomic E-state index is 0.485. The molecule has 4 nitrogen and oxygen atoms in total. The molecule has 3 aromatic rings. The van der Waals surface area contributed by atoms with E-state index in [2.05, 4.69) is 0 Å². The molecule has 1 fully saturated rings. The molecule has 4 heteroatoms. The van der Waals surface area contributed by atoms with Crippen molar-refractivity contribution in [2.75, 3.05) is 5.73 Å². The largest absolute Gasteiger partial charge is 0.454 e. The molecule has 2 N–H and O–H groups in total. The van der Waals surface area contributed by atoms with Gasteiger partial charge in [-0.15, -0.1) is 0 Å². The van der Waals surface area contributed by atoms with Crippen LogP contribution in [0.5, 0.6) is 0 Å².